The Morgan fingerprint density at radius 2 is 1.74 bits per heavy atom. The number of carbonyl (C=O) groups excluding carboxylic acids is 1. The van der Waals surface area contributed by atoms with E-state index in [4.69, 9.17) is 14.2 Å². The maximum atomic E-state index is 13.2. The molecular formula is C25H31N3O6S. The molecule has 4 fully saturated rings. The van der Waals surface area contributed by atoms with Gasteiger partial charge in [-0.05, 0) is 37.6 Å². The molecule has 4 atom stereocenters. The molecule has 1 amide bonds. The van der Waals surface area contributed by atoms with Crippen molar-refractivity contribution in [3.63, 3.8) is 0 Å². The van der Waals surface area contributed by atoms with Crippen LogP contribution in [0.25, 0.3) is 0 Å². The molecule has 2 aromatic rings. The molecule has 188 valence electrons. The molecule has 4 saturated heterocycles. The van der Waals surface area contributed by atoms with Crippen molar-refractivity contribution in [3.05, 3.63) is 59.2 Å². The molecule has 6 rings (SSSR count). The van der Waals surface area contributed by atoms with Crippen LogP contribution in [0.5, 0.6) is 5.75 Å². The molecule has 0 aliphatic carbocycles. The van der Waals surface area contributed by atoms with Crippen LogP contribution in [0.4, 0.5) is 5.69 Å². The fourth-order valence-corrected chi connectivity index (χ4v) is 6.20. The average Bonchev–Trinajstić information content (AvgIpc) is 3.22. The summed E-state index contributed by atoms with van der Waals surface area (Å²) >= 11 is 0. The van der Waals surface area contributed by atoms with Gasteiger partial charge >= 0.3 is 10.2 Å². The number of aryl methyl sites for hydroxylation is 2. The number of rotatable bonds is 7. The van der Waals surface area contributed by atoms with Gasteiger partial charge in [-0.3, -0.25) is 9.52 Å². The molecule has 9 nitrogen and oxygen atoms in total. The van der Waals surface area contributed by atoms with Crippen LogP contribution >= 0.6 is 0 Å². The first-order valence-corrected chi connectivity index (χ1v) is 13.3. The Labute approximate surface area is 206 Å². The van der Waals surface area contributed by atoms with Crippen LogP contribution in [0.2, 0.25) is 0 Å². The minimum absolute atomic E-state index is 0.0115. The summed E-state index contributed by atoms with van der Waals surface area (Å²) in [5, 5.41) is 0. The zero-order chi connectivity index (χ0) is 24.7. The van der Waals surface area contributed by atoms with Gasteiger partial charge in [0.25, 0.3) is 5.91 Å². The predicted molar refractivity (Wildman–Crippen MR) is 131 cm³/mol. The third-order valence-corrected chi connectivity index (χ3v) is 8.33. The lowest BCUT2D eigenvalue weighted by Gasteiger charge is -2.46. The van der Waals surface area contributed by atoms with Crippen molar-refractivity contribution in [2.24, 2.45) is 0 Å². The van der Waals surface area contributed by atoms with Gasteiger partial charge in [-0.2, -0.15) is 12.7 Å². The number of fused-ring (bicyclic) bond motifs is 2. The molecule has 0 radical (unpaired) electrons. The Balaban J connectivity index is 1.26. The lowest BCUT2D eigenvalue weighted by atomic mass is 10.0. The number of nitrogens with one attached hydrogen (secondary N) is 1. The molecular weight excluding hydrogens is 470 g/mol. The van der Waals surface area contributed by atoms with Crippen LogP contribution in [0.1, 0.15) is 27.9 Å². The minimum Gasteiger partial charge on any atom is -0.486 e. The van der Waals surface area contributed by atoms with E-state index in [-0.39, 0.29) is 30.3 Å². The van der Waals surface area contributed by atoms with Crippen molar-refractivity contribution in [2.45, 2.75) is 44.7 Å². The maximum Gasteiger partial charge on any atom is 0.301 e. The molecule has 4 aliphatic heterocycles. The van der Waals surface area contributed by atoms with E-state index >= 15 is 0 Å². The lowest BCUT2D eigenvalue weighted by molar-refractivity contribution is -0.164. The maximum absolute atomic E-state index is 13.2. The first-order valence-electron chi connectivity index (χ1n) is 11.8. The monoisotopic (exact) mass is 501 g/mol. The number of likely N-dealkylation sites (tertiary alicyclic amines) is 1. The summed E-state index contributed by atoms with van der Waals surface area (Å²) < 4.78 is 47.1. The highest BCUT2D eigenvalue weighted by Gasteiger charge is 2.43. The summed E-state index contributed by atoms with van der Waals surface area (Å²) in [6.45, 7) is 5.41. The quantitative estimate of drug-likeness (QED) is 0.626. The first-order chi connectivity index (χ1) is 16.7. The van der Waals surface area contributed by atoms with E-state index in [1.807, 2.05) is 32.0 Å². The number of morpholine rings is 1. The second-order valence-electron chi connectivity index (χ2n) is 9.53. The molecule has 4 heterocycles. The summed E-state index contributed by atoms with van der Waals surface area (Å²) in [4.78, 5) is 14.9. The molecule has 0 spiro atoms. The van der Waals surface area contributed by atoms with E-state index in [0.717, 1.165) is 17.5 Å². The summed E-state index contributed by atoms with van der Waals surface area (Å²) in [5.41, 5.74) is 3.05. The van der Waals surface area contributed by atoms with Gasteiger partial charge < -0.3 is 19.1 Å². The number of hydrogen-bond acceptors (Lipinski definition) is 6. The summed E-state index contributed by atoms with van der Waals surface area (Å²) in [7, 11) is -2.08. The van der Waals surface area contributed by atoms with Crippen molar-refractivity contribution in [1.82, 2.24) is 9.21 Å². The van der Waals surface area contributed by atoms with Gasteiger partial charge in [0.15, 0.2) is 0 Å². The summed E-state index contributed by atoms with van der Waals surface area (Å²) in [6, 6.07) is 12.7. The number of piperidine rings is 1. The third-order valence-electron chi connectivity index (χ3n) is 6.86. The molecule has 4 unspecified atom stereocenters. The van der Waals surface area contributed by atoms with Crippen LogP contribution in [-0.4, -0.2) is 81.2 Å². The highest BCUT2D eigenvalue weighted by molar-refractivity contribution is 7.90. The van der Waals surface area contributed by atoms with E-state index in [0.29, 0.717) is 43.2 Å². The van der Waals surface area contributed by atoms with E-state index in [9.17, 15) is 13.2 Å². The number of amides is 1. The number of methoxy groups -OCH3 is 1. The van der Waals surface area contributed by atoms with Gasteiger partial charge in [0.05, 0.1) is 31.0 Å². The van der Waals surface area contributed by atoms with Gasteiger partial charge in [0.1, 0.15) is 18.0 Å². The van der Waals surface area contributed by atoms with Crippen molar-refractivity contribution < 1.29 is 27.4 Å². The zero-order valence-electron chi connectivity index (χ0n) is 20.1. The van der Waals surface area contributed by atoms with Gasteiger partial charge in [-0.25, -0.2) is 0 Å². The number of hydrogen-bond donors (Lipinski definition) is 1. The normalized spacial score (nSPS) is 26.3. The number of carbonyl (C=O) groups is 1. The van der Waals surface area contributed by atoms with E-state index in [1.54, 1.807) is 36.3 Å². The topological polar surface area (TPSA) is 97.4 Å². The van der Waals surface area contributed by atoms with Gasteiger partial charge in [-0.1, -0.05) is 23.8 Å². The van der Waals surface area contributed by atoms with E-state index < -0.39 is 10.2 Å². The predicted octanol–water partition coefficient (Wildman–Crippen LogP) is 2.35. The first kappa shape index (κ1) is 24.1. The molecule has 2 bridgehead atoms. The second-order valence-corrected chi connectivity index (χ2v) is 11.2. The van der Waals surface area contributed by atoms with Crippen LogP contribution in [0.15, 0.2) is 42.5 Å². The van der Waals surface area contributed by atoms with Gasteiger partial charge in [0.2, 0.25) is 0 Å². The standard InChI is InChI=1S/C25H31N3O6S/c1-16-7-8-17(2)22(9-16)25(29)27-14-23(32-3)24(15-27)34-19-6-4-5-18(10-19)26-35(30,31)28-12-20-11-21(13-28)33-20/h4-10,20-21,23-24,26H,11-15H2,1-3H3. The summed E-state index contributed by atoms with van der Waals surface area (Å²) in [5.74, 6) is 0.451. The highest BCUT2D eigenvalue weighted by Crippen LogP contribution is 2.31. The summed E-state index contributed by atoms with van der Waals surface area (Å²) in [6.07, 6.45) is 0.210. The van der Waals surface area contributed by atoms with Crippen molar-refractivity contribution in [3.8, 4) is 5.75 Å². The number of benzene rings is 2. The molecule has 10 heteroatoms. The Kier molecular flexibility index (Phi) is 6.47. The van der Waals surface area contributed by atoms with Crippen LogP contribution < -0.4 is 9.46 Å². The van der Waals surface area contributed by atoms with Crippen LogP contribution in [0, 0.1) is 13.8 Å². The smallest absolute Gasteiger partial charge is 0.301 e. The molecule has 35 heavy (non-hydrogen) atoms. The van der Waals surface area contributed by atoms with Crippen molar-refractivity contribution >= 4 is 21.8 Å². The Morgan fingerprint density at radius 3 is 2.46 bits per heavy atom. The van der Waals surface area contributed by atoms with E-state index in [2.05, 4.69) is 4.72 Å². The van der Waals surface area contributed by atoms with Crippen molar-refractivity contribution in [2.75, 3.05) is 38.0 Å². The molecule has 0 aromatic heterocycles. The average molecular weight is 502 g/mol. The fraction of sp³-hybridized carbons (Fsp3) is 0.480. The lowest BCUT2D eigenvalue weighted by Crippen LogP contribution is -2.59. The van der Waals surface area contributed by atoms with Crippen molar-refractivity contribution in [1.29, 1.82) is 0 Å². The Bertz CT molecular complexity index is 1200. The SMILES string of the molecule is COC1CN(C(=O)c2cc(C)ccc2C)CC1Oc1cccc(NS(=O)(=O)N2CC3CC(C2)O3)c1. The van der Waals surface area contributed by atoms with E-state index in [1.165, 1.54) is 4.31 Å². The Hall–Kier alpha value is -2.66. The zero-order valence-corrected chi connectivity index (χ0v) is 21.0. The second kappa shape index (κ2) is 9.42. The third kappa shape index (κ3) is 5.02. The Morgan fingerprint density at radius 1 is 1.03 bits per heavy atom. The number of anilines is 1. The molecule has 2 aromatic carbocycles. The number of ether oxygens (including phenoxy) is 3. The fourth-order valence-electron chi connectivity index (χ4n) is 4.92. The molecule has 4 aliphatic rings. The van der Waals surface area contributed by atoms with Crippen LogP contribution in [-0.2, 0) is 19.7 Å². The van der Waals surface area contributed by atoms with Crippen LogP contribution in [0.3, 0.4) is 0 Å². The highest BCUT2D eigenvalue weighted by atomic mass is 32.2. The molecule has 0 saturated carbocycles. The van der Waals surface area contributed by atoms with Gasteiger partial charge in [0, 0.05) is 38.2 Å². The molecule has 1 N–H and O–H groups in total. The minimum atomic E-state index is -3.69. The van der Waals surface area contributed by atoms with Gasteiger partial charge in [-0.15, -0.1) is 0 Å². The largest absolute Gasteiger partial charge is 0.486 e. The number of nitrogens with zero attached hydrogens (tertiary/aromatic N) is 2.